The van der Waals surface area contributed by atoms with Crippen molar-refractivity contribution >= 4 is 17.7 Å². The van der Waals surface area contributed by atoms with Crippen molar-refractivity contribution < 1.29 is 19.1 Å². The molecule has 0 aromatic heterocycles. The van der Waals surface area contributed by atoms with Gasteiger partial charge < -0.3 is 20.3 Å². The molecule has 2 rings (SSSR count). The van der Waals surface area contributed by atoms with Crippen LogP contribution in [0.4, 0.5) is 0 Å². The lowest BCUT2D eigenvalue weighted by atomic mass is 9.95. The number of primary amides is 1. The van der Waals surface area contributed by atoms with E-state index in [9.17, 15) is 14.4 Å². The molecule has 2 fully saturated rings. The Bertz CT molecular complexity index is 446. The second kappa shape index (κ2) is 7.09. The highest BCUT2D eigenvalue weighted by Gasteiger charge is 2.39. The molecule has 2 heterocycles. The average molecular weight is 311 g/mol. The van der Waals surface area contributed by atoms with Crippen molar-refractivity contribution in [3.8, 4) is 0 Å². The third-order valence-corrected chi connectivity index (χ3v) is 4.66. The van der Waals surface area contributed by atoms with Crippen molar-refractivity contribution in [3.63, 3.8) is 0 Å². The van der Waals surface area contributed by atoms with E-state index in [1.165, 1.54) is 0 Å². The predicted octanol–water partition coefficient (Wildman–Crippen LogP) is -0.406. The third kappa shape index (κ3) is 3.58. The highest BCUT2D eigenvalue weighted by atomic mass is 16.5. The van der Waals surface area contributed by atoms with Crippen LogP contribution in [0.1, 0.15) is 26.2 Å². The summed E-state index contributed by atoms with van der Waals surface area (Å²) in [5.74, 6) is -0.676. The standard InChI is InChI=1S/C15H25N3O4/c1-10(9-22-2)18-8-12(7-13(18)19)15(21)17-5-3-11(4-6-17)14(16)20/h10-12H,3-9H2,1-2H3,(H2,16,20)/t10-,12+/m0/s1. The number of hydrogen-bond donors (Lipinski definition) is 1. The molecule has 0 aromatic rings. The first-order valence-corrected chi connectivity index (χ1v) is 7.80. The van der Waals surface area contributed by atoms with Crippen LogP contribution in [0.3, 0.4) is 0 Å². The monoisotopic (exact) mass is 311 g/mol. The molecule has 0 radical (unpaired) electrons. The minimum atomic E-state index is -0.289. The number of amides is 3. The number of likely N-dealkylation sites (tertiary alicyclic amines) is 2. The molecule has 2 saturated heterocycles. The van der Waals surface area contributed by atoms with E-state index in [0.717, 1.165) is 0 Å². The van der Waals surface area contributed by atoms with Gasteiger partial charge in [-0.3, -0.25) is 14.4 Å². The normalized spacial score (nSPS) is 24.6. The predicted molar refractivity (Wildman–Crippen MR) is 79.7 cm³/mol. The zero-order valence-corrected chi connectivity index (χ0v) is 13.3. The van der Waals surface area contributed by atoms with Crippen molar-refractivity contribution in [2.75, 3.05) is 33.4 Å². The lowest BCUT2D eigenvalue weighted by molar-refractivity contribution is -0.138. The van der Waals surface area contributed by atoms with Crippen LogP contribution in [0, 0.1) is 11.8 Å². The van der Waals surface area contributed by atoms with Gasteiger partial charge in [-0.15, -0.1) is 0 Å². The molecule has 7 heteroatoms. The number of hydrogen-bond acceptors (Lipinski definition) is 4. The Kier molecular flexibility index (Phi) is 5.39. The molecule has 0 unspecified atom stereocenters. The summed E-state index contributed by atoms with van der Waals surface area (Å²) >= 11 is 0. The Labute approximate surface area is 130 Å². The summed E-state index contributed by atoms with van der Waals surface area (Å²) in [6.07, 6.45) is 1.50. The second-order valence-electron chi connectivity index (χ2n) is 6.25. The van der Waals surface area contributed by atoms with Crippen LogP contribution in [0.15, 0.2) is 0 Å². The molecular weight excluding hydrogens is 286 g/mol. The fourth-order valence-corrected chi connectivity index (χ4v) is 3.30. The van der Waals surface area contributed by atoms with Crippen LogP contribution in [-0.4, -0.2) is 66.9 Å². The second-order valence-corrected chi connectivity index (χ2v) is 6.25. The van der Waals surface area contributed by atoms with Gasteiger partial charge in [-0.1, -0.05) is 0 Å². The maximum atomic E-state index is 12.5. The van der Waals surface area contributed by atoms with Crippen molar-refractivity contribution in [2.45, 2.75) is 32.2 Å². The number of ether oxygens (including phenoxy) is 1. The Balaban J connectivity index is 1.89. The van der Waals surface area contributed by atoms with Gasteiger partial charge in [0.05, 0.1) is 18.6 Å². The van der Waals surface area contributed by atoms with E-state index < -0.39 is 0 Å². The molecular formula is C15H25N3O4. The first-order chi connectivity index (χ1) is 10.4. The van der Waals surface area contributed by atoms with Crippen LogP contribution in [0.25, 0.3) is 0 Å². The van der Waals surface area contributed by atoms with Crippen LogP contribution in [0.2, 0.25) is 0 Å². The minimum Gasteiger partial charge on any atom is -0.383 e. The van der Waals surface area contributed by atoms with E-state index in [0.29, 0.717) is 39.1 Å². The first-order valence-electron chi connectivity index (χ1n) is 7.80. The zero-order chi connectivity index (χ0) is 16.3. The van der Waals surface area contributed by atoms with Gasteiger partial charge >= 0.3 is 0 Å². The fraction of sp³-hybridized carbons (Fsp3) is 0.800. The molecule has 0 saturated carbocycles. The number of methoxy groups -OCH3 is 1. The molecule has 2 N–H and O–H groups in total. The van der Waals surface area contributed by atoms with E-state index in [2.05, 4.69) is 0 Å². The topological polar surface area (TPSA) is 92.9 Å². The van der Waals surface area contributed by atoms with Crippen molar-refractivity contribution in [1.82, 2.24) is 9.80 Å². The average Bonchev–Trinajstić information content (AvgIpc) is 2.89. The highest BCUT2D eigenvalue weighted by molar-refractivity contribution is 5.89. The minimum absolute atomic E-state index is 0.00919. The molecule has 2 atom stereocenters. The molecule has 2 aliphatic rings. The smallest absolute Gasteiger partial charge is 0.227 e. The summed E-state index contributed by atoms with van der Waals surface area (Å²) in [4.78, 5) is 39.3. The summed E-state index contributed by atoms with van der Waals surface area (Å²) in [6, 6.07) is -0.0177. The van der Waals surface area contributed by atoms with E-state index in [-0.39, 0.29) is 42.0 Å². The van der Waals surface area contributed by atoms with Crippen molar-refractivity contribution in [3.05, 3.63) is 0 Å². The van der Waals surface area contributed by atoms with Gasteiger partial charge in [0, 0.05) is 39.1 Å². The Hall–Kier alpha value is -1.63. The Morgan fingerprint density at radius 1 is 1.32 bits per heavy atom. The quantitative estimate of drug-likeness (QED) is 0.747. The number of carbonyl (C=O) groups excluding carboxylic acids is 3. The number of rotatable bonds is 5. The van der Waals surface area contributed by atoms with Crippen LogP contribution in [-0.2, 0) is 19.1 Å². The number of nitrogens with two attached hydrogens (primary N) is 1. The highest BCUT2D eigenvalue weighted by Crippen LogP contribution is 2.25. The summed E-state index contributed by atoms with van der Waals surface area (Å²) in [5.41, 5.74) is 5.30. The SMILES string of the molecule is COC[C@H](C)N1C[C@H](C(=O)N2CCC(C(N)=O)CC2)CC1=O. The lowest BCUT2D eigenvalue weighted by Gasteiger charge is -2.32. The van der Waals surface area contributed by atoms with E-state index in [1.54, 1.807) is 16.9 Å². The van der Waals surface area contributed by atoms with Gasteiger partial charge in [0.2, 0.25) is 17.7 Å². The van der Waals surface area contributed by atoms with Crippen molar-refractivity contribution in [2.24, 2.45) is 17.6 Å². The molecule has 0 spiro atoms. The third-order valence-electron chi connectivity index (χ3n) is 4.66. The summed E-state index contributed by atoms with van der Waals surface area (Å²) in [5, 5.41) is 0. The van der Waals surface area contributed by atoms with Gasteiger partial charge in [0.25, 0.3) is 0 Å². The van der Waals surface area contributed by atoms with Gasteiger partial charge in [-0.25, -0.2) is 0 Å². The molecule has 2 aliphatic heterocycles. The molecule has 7 nitrogen and oxygen atoms in total. The summed E-state index contributed by atoms with van der Waals surface area (Å²) < 4.78 is 5.08. The molecule has 0 aliphatic carbocycles. The number of piperidine rings is 1. The van der Waals surface area contributed by atoms with Gasteiger partial charge in [-0.2, -0.15) is 0 Å². The molecule has 22 heavy (non-hydrogen) atoms. The number of carbonyl (C=O) groups is 3. The van der Waals surface area contributed by atoms with E-state index in [1.807, 2.05) is 6.92 Å². The molecule has 0 aromatic carbocycles. The maximum Gasteiger partial charge on any atom is 0.227 e. The first kappa shape index (κ1) is 16.7. The molecule has 0 bridgehead atoms. The molecule has 124 valence electrons. The Morgan fingerprint density at radius 2 is 1.95 bits per heavy atom. The van der Waals surface area contributed by atoms with Gasteiger partial charge in [-0.05, 0) is 19.8 Å². The van der Waals surface area contributed by atoms with E-state index >= 15 is 0 Å². The van der Waals surface area contributed by atoms with Crippen LogP contribution >= 0.6 is 0 Å². The van der Waals surface area contributed by atoms with Crippen LogP contribution in [0.5, 0.6) is 0 Å². The van der Waals surface area contributed by atoms with Gasteiger partial charge in [0.15, 0.2) is 0 Å². The summed E-state index contributed by atoms with van der Waals surface area (Å²) in [6.45, 7) is 3.94. The van der Waals surface area contributed by atoms with Crippen molar-refractivity contribution in [1.29, 1.82) is 0 Å². The zero-order valence-electron chi connectivity index (χ0n) is 13.3. The van der Waals surface area contributed by atoms with Crippen LogP contribution < -0.4 is 5.73 Å². The molecule has 3 amide bonds. The largest absolute Gasteiger partial charge is 0.383 e. The van der Waals surface area contributed by atoms with Gasteiger partial charge in [0.1, 0.15) is 0 Å². The lowest BCUT2D eigenvalue weighted by Crippen LogP contribution is -2.45. The fourth-order valence-electron chi connectivity index (χ4n) is 3.30. The van der Waals surface area contributed by atoms with E-state index in [4.69, 9.17) is 10.5 Å². The Morgan fingerprint density at radius 3 is 2.50 bits per heavy atom. The maximum absolute atomic E-state index is 12.5. The summed E-state index contributed by atoms with van der Waals surface area (Å²) in [7, 11) is 1.60. The number of nitrogens with zero attached hydrogens (tertiary/aromatic N) is 2.